The first kappa shape index (κ1) is 21.2. The first-order valence-electron chi connectivity index (χ1n) is 10.1. The number of aliphatic hydroxyl groups is 2. The average molecular weight is 427 g/mol. The molecule has 1 fully saturated rings. The number of benzene rings is 1. The Morgan fingerprint density at radius 2 is 2.00 bits per heavy atom. The number of esters is 1. The molecule has 0 amide bonds. The Hall–Kier alpha value is -3.08. The van der Waals surface area contributed by atoms with Gasteiger partial charge in [-0.3, -0.25) is 9.36 Å². The highest BCUT2D eigenvalue weighted by atomic mass is 16.6. The molecule has 3 aromatic rings. The molecule has 1 saturated heterocycles. The van der Waals surface area contributed by atoms with Gasteiger partial charge in [0.2, 0.25) is 0 Å². The Labute approximate surface area is 178 Å². The standard InChI is InChI=1S/C21H25N5O5/c1-3-14(13-7-5-4-6-8-13)25-19-16-20(23-10-22-19)26(11-24-16)21-18(29)17(28)15(31-21)9-30-12(2)27/h4-8,10-11,14-15,17-18,21,28-29H,3,9H2,1-2H3,(H,22,23,25)/t14-,15-,17+,18?,21-/m1/s1. The van der Waals surface area contributed by atoms with Crippen molar-refractivity contribution in [2.45, 2.75) is 50.8 Å². The Balaban J connectivity index is 1.60. The first-order chi connectivity index (χ1) is 15.0. The van der Waals surface area contributed by atoms with Crippen LogP contribution in [0.2, 0.25) is 0 Å². The van der Waals surface area contributed by atoms with Gasteiger partial charge in [0.1, 0.15) is 31.2 Å². The number of anilines is 1. The van der Waals surface area contributed by atoms with Crippen LogP contribution >= 0.6 is 0 Å². The summed E-state index contributed by atoms with van der Waals surface area (Å²) in [5, 5.41) is 24.2. The molecule has 2 aromatic heterocycles. The summed E-state index contributed by atoms with van der Waals surface area (Å²) in [4.78, 5) is 24.1. The topological polar surface area (TPSA) is 132 Å². The molecule has 0 saturated carbocycles. The number of aliphatic hydroxyl groups excluding tert-OH is 2. The van der Waals surface area contributed by atoms with E-state index >= 15 is 0 Å². The predicted molar refractivity (Wildman–Crippen MR) is 111 cm³/mol. The highest BCUT2D eigenvalue weighted by molar-refractivity contribution is 5.83. The molecule has 1 unspecified atom stereocenters. The third-order valence-electron chi connectivity index (χ3n) is 5.34. The van der Waals surface area contributed by atoms with Gasteiger partial charge in [0.25, 0.3) is 0 Å². The van der Waals surface area contributed by atoms with Crippen LogP contribution in [0.15, 0.2) is 43.0 Å². The van der Waals surface area contributed by atoms with E-state index in [1.165, 1.54) is 19.6 Å². The summed E-state index contributed by atoms with van der Waals surface area (Å²) in [5.41, 5.74) is 2.09. The zero-order valence-electron chi connectivity index (χ0n) is 17.3. The minimum Gasteiger partial charge on any atom is -0.463 e. The van der Waals surface area contributed by atoms with Crippen molar-refractivity contribution in [3.8, 4) is 0 Å². The van der Waals surface area contributed by atoms with Crippen molar-refractivity contribution in [3.63, 3.8) is 0 Å². The second kappa shape index (κ2) is 8.96. The lowest BCUT2D eigenvalue weighted by Gasteiger charge is -2.19. The van der Waals surface area contributed by atoms with Crippen LogP contribution in [0.25, 0.3) is 11.2 Å². The summed E-state index contributed by atoms with van der Waals surface area (Å²) in [6, 6.07) is 10.1. The van der Waals surface area contributed by atoms with Crippen LogP contribution in [0.5, 0.6) is 0 Å². The minimum absolute atomic E-state index is 0.0349. The quantitative estimate of drug-likeness (QED) is 0.481. The number of imidazole rings is 1. The molecule has 3 heterocycles. The molecule has 5 atom stereocenters. The zero-order valence-corrected chi connectivity index (χ0v) is 17.3. The molecule has 0 radical (unpaired) electrons. The number of carbonyl (C=O) groups is 1. The predicted octanol–water partition coefficient (Wildman–Crippen LogP) is 1.57. The monoisotopic (exact) mass is 427 g/mol. The molecule has 0 aliphatic carbocycles. The van der Waals surface area contributed by atoms with E-state index in [1.807, 2.05) is 30.3 Å². The van der Waals surface area contributed by atoms with Crippen molar-refractivity contribution in [2.24, 2.45) is 0 Å². The van der Waals surface area contributed by atoms with E-state index in [-0.39, 0.29) is 12.6 Å². The first-order valence-corrected chi connectivity index (χ1v) is 10.1. The molecular weight excluding hydrogens is 402 g/mol. The average Bonchev–Trinajstić information content (AvgIpc) is 3.33. The molecule has 31 heavy (non-hydrogen) atoms. The molecule has 10 heteroatoms. The fourth-order valence-electron chi connectivity index (χ4n) is 3.71. The second-order valence-electron chi connectivity index (χ2n) is 7.41. The molecule has 1 aliphatic rings. The molecule has 1 aromatic carbocycles. The summed E-state index contributed by atoms with van der Waals surface area (Å²) in [7, 11) is 0. The van der Waals surface area contributed by atoms with Crippen LogP contribution in [0.4, 0.5) is 5.82 Å². The van der Waals surface area contributed by atoms with E-state index in [1.54, 1.807) is 4.57 Å². The van der Waals surface area contributed by atoms with E-state index < -0.39 is 30.5 Å². The van der Waals surface area contributed by atoms with Crippen molar-refractivity contribution < 1.29 is 24.5 Å². The smallest absolute Gasteiger partial charge is 0.302 e. The van der Waals surface area contributed by atoms with Gasteiger partial charge in [-0.25, -0.2) is 15.0 Å². The lowest BCUT2D eigenvalue weighted by atomic mass is 10.0. The number of fused-ring (bicyclic) bond motifs is 1. The van der Waals surface area contributed by atoms with Crippen LogP contribution in [0, 0.1) is 0 Å². The number of hydrogen-bond acceptors (Lipinski definition) is 9. The summed E-state index contributed by atoms with van der Waals surface area (Å²) in [6.07, 6.45) is -0.508. The molecule has 0 spiro atoms. The van der Waals surface area contributed by atoms with E-state index in [2.05, 4.69) is 27.2 Å². The summed E-state index contributed by atoms with van der Waals surface area (Å²) in [6.45, 7) is 3.19. The fraction of sp³-hybridized carbons (Fsp3) is 0.429. The molecular formula is C21H25N5O5. The Bertz CT molecular complexity index is 1040. The van der Waals surface area contributed by atoms with Crippen LogP contribution in [-0.4, -0.2) is 60.6 Å². The number of ether oxygens (including phenoxy) is 2. The van der Waals surface area contributed by atoms with Gasteiger partial charge in [0.15, 0.2) is 23.2 Å². The third-order valence-corrected chi connectivity index (χ3v) is 5.34. The van der Waals surface area contributed by atoms with Crippen LogP contribution in [-0.2, 0) is 14.3 Å². The number of aromatic nitrogens is 4. The van der Waals surface area contributed by atoms with Crippen molar-refractivity contribution in [2.75, 3.05) is 11.9 Å². The summed E-state index contributed by atoms with van der Waals surface area (Å²) in [5.74, 6) is 0.0677. The van der Waals surface area contributed by atoms with Gasteiger partial charge in [-0.2, -0.15) is 0 Å². The van der Waals surface area contributed by atoms with Gasteiger partial charge in [0, 0.05) is 6.92 Å². The third kappa shape index (κ3) is 4.22. The minimum atomic E-state index is -1.24. The van der Waals surface area contributed by atoms with E-state index in [4.69, 9.17) is 9.47 Å². The second-order valence-corrected chi connectivity index (χ2v) is 7.41. The Morgan fingerprint density at radius 1 is 1.23 bits per heavy atom. The van der Waals surface area contributed by atoms with Crippen molar-refractivity contribution >= 4 is 23.0 Å². The number of nitrogens with zero attached hydrogens (tertiary/aromatic N) is 4. The van der Waals surface area contributed by atoms with Gasteiger partial charge >= 0.3 is 5.97 Å². The number of rotatable bonds is 7. The van der Waals surface area contributed by atoms with Gasteiger partial charge in [-0.1, -0.05) is 37.3 Å². The maximum absolute atomic E-state index is 11.1. The summed E-state index contributed by atoms with van der Waals surface area (Å²) >= 11 is 0. The van der Waals surface area contributed by atoms with E-state index in [0.717, 1.165) is 12.0 Å². The lowest BCUT2D eigenvalue weighted by Crippen LogP contribution is -2.34. The molecule has 3 N–H and O–H groups in total. The van der Waals surface area contributed by atoms with Crippen molar-refractivity contribution in [1.82, 2.24) is 19.5 Å². The summed E-state index contributed by atoms with van der Waals surface area (Å²) < 4.78 is 12.2. The van der Waals surface area contributed by atoms with E-state index in [9.17, 15) is 15.0 Å². The van der Waals surface area contributed by atoms with Gasteiger partial charge in [-0.15, -0.1) is 0 Å². The Kier molecular flexibility index (Phi) is 6.12. The highest BCUT2D eigenvalue weighted by Gasteiger charge is 2.44. The van der Waals surface area contributed by atoms with Gasteiger partial charge in [0.05, 0.1) is 12.4 Å². The van der Waals surface area contributed by atoms with Crippen LogP contribution in [0.1, 0.15) is 38.1 Å². The molecule has 164 valence electrons. The number of nitrogens with one attached hydrogen (secondary N) is 1. The fourth-order valence-corrected chi connectivity index (χ4v) is 3.71. The number of carbonyl (C=O) groups excluding carboxylic acids is 1. The largest absolute Gasteiger partial charge is 0.463 e. The van der Waals surface area contributed by atoms with E-state index in [0.29, 0.717) is 17.0 Å². The molecule has 10 nitrogen and oxygen atoms in total. The zero-order chi connectivity index (χ0) is 22.0. The normalized spacial score (nSPS) is 24.3. The van der Waals surface area contributed by atoms with Crippen LogP contribution in [0.3, 0.4) is 0 Å². The lowest BCUT2D eigenvalue weighted by molar-refractivity contribution is -0.147. The highest BCUT2D eigenvalue weighted by Crippen LogP contribution is 2.33. The van der Waals surface area contributed by atoms with Gasteiger partial charge in [-0.05, 0) is 12.0 Å². The van der Waals surface area contributed by atoms with Crippen LogP contribution < -0.4 is 5.32 Å². The molecule has 4 rings (SSSR count). The Morgan fingerprint density at radius 3 is 2.71 bits per heavy atom. The van der Waals surface area contributed by atoms with Crippen molar-refractivity contribution in [3.05, 3.63) is 48.5 Å². The molecule has 1 aliphatic heterocycles. The van der Waals surface area contributed by atoms with Crippen molar-refractivity contribution in [1.29, 1.82) is 0 Å². The van der Waals surface area contributed by atoms with Gasteiger partial charge < -0.3 is 25.0 Å². The SMILES string of the molecule is CC[C@@H](Nc1ncnc2c1ncn2[C@@H]1O[C@H](COC(C)=O)[C@H](O)C1O)c1ccccc1. The maximum atomic E-state index is 11.1. The molecule has 0 bridgehead atoms. The number of hydrogen-bond donors (Lipinski definition) is 3. The maximum Gasteiger partial charge on any atom is 0.302 e.